The summed E-state index contributed by atoms with van der Waals surface area (Å²) in [7, 11) is 3.14. The predicted octanol–water partition coefficient (Wildman–Crippen LogP) is 2.30. The van der Waals surface area contributed by atoms with Gasteiger partial charge in [0.15, 0.2) is 0 Å². The van der Waals surface area contributed by atoms with Crippen molar-refractivity contribution in [3.63, 3.8) is 0 Å². The molecule has 1 rings (SSSR count). The fraction of sp³-hybridized carbons (Fsp3) is 0.500. The monoisotopic (exact) mass is 213 g/mol. The van der Waals surface area contributed by atoms with Crippen molar-refractivity contribution in [3.05, 3.63) is 21.9 Å². The number of methoxy groups -OCH3 is 1. The maximum atomic E-state index is 11.1. The van der Waals surface area contributed by atoms with Gasteiger partial charge in [-0.25, -0.2) is 4.79 Å². The van der Waals surface area contributed by atoms with Crippen molar-refractivity contribution in [2.75, 3.05) is 20.7 Å². The van der Waals surface area contributed by atoms with Gasteiger partial charge in [-0.05, 0) is 30.4 Å². The van der Waals surface area contributed by atoms with Crippen LogP contribution in [0.5, 0.6) is 0 Å². The number of hydrogen-bond donors (Lipinski definition) is 0. The van der Waals surface area contributed by atoms with Crippen molar-refractivity contribution in [2.24, 2.45) is 0 Å². The molecule has 78 valence electrons. The zero-order valence-electron chi connectivity index (χ0n) is 8.74. The van der Waals surface area contributed by atoms with Crippen LogP contribution in [0.15, 0.2) is 11.4 Å². The Morgan fingerprint density at radius 1 is 1.64 bits per heavy atom. The average Bonchev–Trinajstić information content (AvgIpc) is 2.59. The van der Waals surface area contributed by atoms with Crippen LogP contribution in [0.25, 0.3) is 0 Å². The summed E-state index contributed by atoms with van der Waals surface area (Å²) in [5.41, 5.74) is 1.30. The number of aryl methyl sites for hydroxylation is 1. The maximum absolute atomic E-state index is 11.1. The molecule has 0 aliphatic rings. The molecular weight excluding hydrogens is 198 g/mol. The van der Waals surface area contributed by atoms with E-state index in [0.29, 0.717) is 6.54 Å². The van der Waals surface area contributed by atoms with Gasteiger partial charge in [0.2, 0.25) is 0 Å². The summed E-state index contributed by atoms with van der Waals surface area (Å²) in [4.78, 5) is 14.0. The number of rotatable bonds is 3. The van der Waals surface area contributed by atoms with Gasteiger partial charge in [0.05, 0.1) is 7.11 Å². The van der Waals surface area contributed by atoms with Crippen molar-refractivity contribution in [1.82, 2.24) is 4.90 Å². The molecule has 0 atom stereocenters. The second-order valence-corrected chi connectivity index (χ2v) is 4.17. The van der Waals surface area contributed by atoms with E-state index in [2.05, 4.69) is 23.1 Å². The molecule has 14 heavy (non-hydrogen) atoms. The summed E-state index contributed by atoms with van der Waals surface area (Å²) in [6, 6.07) is 2.10. The van der Waals surface area contributed by atoms with Crippen molar-refractivity contribution in [2.45, 2.75) is 13.3 Å². The van der Waals surface area contributed by atoms with Gasteiger partial charge in [-0.1, -0.05) is 0 Å². The smallest absolute Gasteiger partial charge is 0.409 e. The van der Waals surface area contributed by atoms with Gasteiger partial charge in [-0.15, -0.1) is 11.3 Å². The van der Waals surface area contributed by atoms with E-state index in [4.69, 9.17) is 0 Å². The summed E-state index contributed by atoms with van der Waals surface area (Å²) in [5.74, 6) is 0. The molecule has 0 aliphatic heterocycles. The van der Waals surface area contributed by atoms with Crippen molar-refractivity contribution in [3.8, 4) is 0 Å². The number of nitrogens with zero attached hydrogens (tertiary/aromatic N) is 1. The molecule has 4 heteroatoms. The summed E-state index contributed by atoms with van der Waals surface area (Å²) in [5, 5.41) is 2.07. The standard InChI is InChI=1S/C10H15NO2S/c1-8-5-7-14-9(8)4-6-11(2)10(12)13-3/h5,7H,4,6H2,1-3H3. The van der Waals surface area contributed by atoms with E-state index >= 15 is 0 Å². The quantitative estimate of drug-likeness (QED) is 0.771. The summed E-state index contributed by atoms with van der Waals surface area (Å²) in [6.07, 6.45) is 0.619. The van der Waals surface area contributed by atoms with Crippen LogP contribution in [-0.2, 0) is 11.2 Å². The normalized spacial score (nSPS) is 9.93. The summed E-state index contributed by atoms with van der Waals surface area (Å²) < 4.78 is 4.60. The highest BCUT2D eigenvalue weighted by Gasteiger charge is 2.08. The first-order valence-corrected chi connectivity index (χ1v) is 5.35. The van der Waals surface area contributed by atoms with Gasteiger partial charge in [-0.2, -0.15) is 0 Å². The van der Waals surface area contributed by atoms with E-state index in [1.165, 1.54) is 17.6 Å². The molecule has 0 spiro atoms. The summed E-state index contributed by atoms with van der Waals surface area (Å²) in [6.45, 7) is 2.79. The Labute approximate surface area is 88.3 Å². The zero-order valence-corrected chi connectivity index (χ0v) is 9.56. The van der Waals surface area contributed by atoms with Crippen LogP contribution < -0.4 is 0 Å². The predicted molar refractivity (Wildman–Crippen MR) is 57.8 cm³/mol. The lowest BCUT2D eigenvalue weighted by Crippen LogP contribution is -2.28. The third-order valence-corrected chi connectivity index (χ3v) is 3.21. The first-order chi connectivity index (χ1) is 6.65. The molecule has 1 amide bonds. The van der Waals surface area contributed by atoms with E-state index in [-0.39, 0.29) is 6.09 Å². The molecule has 1 aromatic rings. The zero-order chi connectivity index (χ0) is 10.6. The molecule has 0 saturated heterocycles. The minimum absolute atomic E-state index is 0.279. The Hall–Kier alpha value is -1.03. The third kappa shape index (κ3) is 2.73. The number of carbonyl (C=O) groups is 1. The fourth-order valence-corrected chi connectivity index (χ4v) is 2.08. The van der Waals surface area contributed by atoms with E-state index < -0.39 is 0 Å². The number of likely N-dealkylation sites (N-methyl/N-ethyl adjacent to an activating group) is 1. The van der Waals surface area contributed by atoms with Gasteiger partial charge in [0.1, 0.15) is 0 Å². The van der Waals surface area contributed by atoms with Gasteiger partial charge in [-0.3, -0.25) is 0 Å². The SMILES string of the molecule is COC(=O)N(C)CCc1sccc1C. The number of hydrogen-bond acceptors (Lipinski definition) is 3. The lowest BCUT2D eigenvalue weighted by atomic mass is 10.2. The Morgan fingerprint density at radius 3 is 2.86 bits per heavy atom. The highest BCUT2D eigenvalue weighted by atomic mass is 32.1. The van der Waals surface area contributed by atoms with Crippen LogP contribution in [0, 0.1) is 6.92 Å². The summed E-state index contributed by atoms with van der Waals surface area (Å²) >= 11 is 1.73. The minimum atomic E-state index is -0.279. The Morgan fingerprint density at radius 2 is 2.36 bits per heavy atom. The Balaban J connectivity index is 2.41. The van der Waals surface area contributed by atoms with E-state index in [1.54, 1.807) is 23.3 Å². The number of ether oxygens (including phenoxy) is 1. The molecule has 1 heterocycles. The molecule has 0 radical (unpaired) electrons. The van der Waals surface area contributed by atoms with E-state index in [1.807, 2.05) is 0 Å². The number of thiophene rings is 1. The van der Waals surface area contributed by atoms with Crippen molar-refractivity contribution >= 4 is 17.4 Å². The van der Waals surface area contributed by atoms with Gasteiger partial charge >= 0.3 is 6.09 Å². The van der Waals surface area contributed by atoms with Crippen molar-refractivity contribution in [1.29, 1.82) is 0 Å². The fourth-order valence-electron chi connectivity index (χ4n) is 1.18. The Kier molecular flexibility index (Phi) is 3.95. The lowest BCUT2D eigenvalue weighted by Gasteiger charge is -2.14. The molecule has 0 aromatic carbocycles. The topological polar surface area (TPSA) is 29.5 Å². The first kappa shape index (κ1) is 11.0. The minimum Gasteiger partial charge on any atom is -0.453 e. The highest BCUT2D eigenvalue weighted by molar-refractivity contribution is 7.10. The van der Waals surface area contributed by atoms with Gasteiger partial charge in [0, 0.05) is 18.5 Å². The van der Waals surface area contributed by atoms with Crippen LogP contribution in [0.3, 0.4) is 0 Å². The highest BCUT2D eigenvalue weighted by Crippen LogP contribution is 2.16. The molecule has 3 nitrogen and oxygen atoms in total. The van der Waals surface area contributed by atoms with Crippen LogP contribution in [0.2, 0.25) is 0 Å². The van der Waals surface area contributed by atoms with Crippen molar-refractivity contribution < 1.29 is 9.53 Å². The second kappa shape index (κ2) is 5.00. The van der Waals surface area contributed by atoms with Crippen LogP contribution in [0.1, 0.15) is 10.4 Å². The molecule has 0 saturated carbocycles. The molecule has 1 aromatic heterocycles. The average molecular weight is 213 g/mol. The lowest BCUT2D eigenvalue weighted by molar-refractivity contribution is 0.134. The number of carbonyl (C=O) groups excluding carboxylic acids is 1. The molecular formula is C10H15NO2S. The molecule has 0 aliphatic carbocycles. The first-order valence-electron chi connectivity index (χ1n) is 4.47. The van der Waals surface area contributed by atoms with Crippen LogP contribution in [0.4, 0.5) is 4.79 Å². The largest absolute Gasteiger partial charge is 0.453 e. The molecule has 0 fully saturated rings. The molecule has 0 unspecified atom stereocenters. The Bertz CT molecular complexity index is 309. The maximum Gasteiger partial charge on any atom is 0.409 e. The van der Waals surface area contributed by atoms with E-state index in [0.717, 1.165) is 6.42 Å². The van der Waals surface area contributed by atoms with E-state index in [9.17, 15) is 4.79 Å². The van der Waals surface area contributed by atoms with Gasteiger partial charge in [0.25, 0.3) is 0 Å². The molecule has 0 N–H and O–H groups in total. The second-order valence-electron chi connectivity index (χ2n) is 3.17. The molecule has 0 bridgehead atoms. The third-order valence-electron chi connectivity index (χ3n) is 2.13. The van der Waals surface area contributed by atoms with Gasteiger partial charge < -0.3 is 9.64 Å². The van der Waals surface area contributed by atoms with Crippen LogP contribution >= 0.6 is 11.3 Å². The number of amides is 1. The van der Waals surface area contributed by atoms with Crippen LogP contribution in [-0.4, -0.2) is 31.7 Å².